The van der Waals surface area contributed by atoms with Gasteiger partial charge in [-0.3, -0.25) is 4.79 Å². The Kier molecular flexibility index (Phi) is 3.54. The number of nitrogens with one attached hydrogen (secondary N) is 1. The third-order valence-corrected chi connectivity index (χ3v) is 4.35. The number of carbonyl (C=O) groups is 1. The zero-order valence-electron chi connectivity index (χ0n) is 12.5. The fourth-order valence-electron chi connectivity index (χ4n) is 2.82. The van der Waals surface area contributed by atoms with Crippen molar-refractivity contribution < 1.29 is 4.79 Å². The lowest BCUT2D eigenvalue weighted by atomic mass is 10.2. The first-order chi connectivity index (χ1) is 11.2. The summed E-state index contributed by atoms with van der Waals surface area (Å²) < 4.78 is 2.26. The second-order valence-electron chi connectivity index (χ2n) is 5.81. The third kappa shape index (κ3) is 2.82. The normalized spacial score (nSPS) is 14.1. The molecule has 0 atom stereocenters. The topological polar surface area (TPSA) is 46.9 Å². The lowest BCUT2D eigenvalue weighted by Gasteiger charge is -2.09. The van der Waals surface area contributed by atoms with E-state index in [4.69, 9.17) is 11.6 Å². The lowest BCUT2D eigenvalue weighted by molar-refractivity contribution is 0.0949. The van der Waals surface area contributed by atoms with E-state index in [9.17, 15) is 4.79 Å². The maximum Gasteiger partial charge on any atom is 0.251 e. The summed E-state index contributed by atoms with van der Waals surface area (Å²) in [6.07, 6.45) is 2.36. The number of hydrogen-bond donors (Lipinski definition) is 1. The van der Waals surface area contributed by atoms with Gasteiger partial charge in [-0.25, -0.2) is 4.98 Å². The number of carbonyl (C=O) groups excluding carboxylic acids is 1. The van der Waals surface area contributed by atoms with Gasteiger partial charge >= 0.3 is 0 Å². The molecule has 1 saturated carbocycles. The summed E-state index contributed by atoms with van der Waals surface area (Å²) in [7, 11) is 0. The smallest absolute Gasteiger partial charge is 0.251 e. The minimum atomic E-state index is -0.115. The Hall–Kier alpha value is -2.33. The van der Waals surface area contributed by atoms with Crippen LogP contribution in [0.3, 0.4) is 0 Å². The molecule has 1 heterocycles. The van der Waals surface area contributed by atoms with Crippen molar-refractivity contribution in [2.24, 2.45) is 0 Å². The Morgan fingerprint density at radius 2 is 1.91 bits per heavy atom. The molecule has 0 spiro atoms. The third-order valence-electron chi connectivity index (χ3n) is 4.09. The van der Waals surface area contributed by atoms with E-state index >= 15 is 0 Å². The summed E-state index contributed by atoms with van der Waals surface area (Å²) in [5.74, 6) is 0.798. The molecule has 5 heteroatoms. The Morgan fingerprint density at radius 3 is 2.65 bits per heavy atom. The highest BCUT2D eigenvalue weighted by molar-refractivity contribution is 6.30. The molecule has 1 fully saturated rings. The molecule has 1 aromatic heterocycles. The molecule has 2 aromatic carbocycles. The first-order valence-electron chi connectivity index (χ1n) is 7.72. The van der Waals surface area contributed by atoms with Crippen molar-refractivity contribution >= 4 is 28.5 Å². The van der Waals surface area contributed by atoms with E-state index in [1.165, 1.54) is 12.8 Å². The van der Waals surface area contributed by atoms with Crippen LogP contribution in [0.5, 0.6) is 0 Å². The fourth-order valence-corrected chi connectivity index (χ4v) is 2.95. The van der Waals surface area contributed by atoms with Crippen molar-refractivity contribution in [3.63, 3.8) is 0 Å². The van der Waals surface area contributed by atoms with Gasteiger partial charge in [0.25, 0.3) is 5.91 Å². The van der Waals surface area contributed by atoms with Gasteiger partial charge in [0, 0.05) is 16.6 Å². The highest BCUT2D eigenvalue weighted by atomic mass is 35.5. The van der Waals surface area contributed by atoms with Crippen LogP contribution in [-0.2, 0) is 6.54 Å². The summed E-state index contributed by atoms with van der Waals surface area (Å²) in [6.45, 7) is 0.423. The summed E-state index contributed by atoms with van der Waals surface area (Å²) in [5, 5.41) is 3.58. The highest BCUT2D eigenvalue weighted by Crippen LogP contribution is 2.38. The van der Waals surface area contributed by atoms with Crippen LogP contribution >= 0.6 is 11.6 Å². The van der Waals surface area contributed by atoms with Gasteiger partial charge in [-0.1, -0.05) is 23.7 Å². The van der Waals surface area contributed by atoms with E-state index in [0.29, 0.717) is 23.2 Å². The quantitative estimate of drug-likeness (QED) is 0.789. The van der Waals surface area contributed by atoms with Crippen LogP contribution in [0.1, 0.15) is 35.1 Å². The van der Waals surface area contributed by atoms with Gasteiger partial charge in [0.05, 0.1) is 17.6 Å². The number of fused-ring (bicyclic) bond motifs is 1. The molecular weight excluding hydrogens is 310 g/mol. The van der Waals surface area contributed by atoms with Gasteiger partial charge in [-0.05, 0) is 49.2 Å². The van der Waals surface area contributed by atoms with E-state index < -0.39 is 0 Å². The van der Waals surface area contributed by atoms with Crippen molar-refractivity contribution in [2.45, 2.75) is 25.4 Å². The van der Waals surface area contributed by atoms with E-state index in [-0.39, 0.29) is 5.91 Å². The number of rotatable bonds is 4. The Bertz CT molecular complexity index is 866. The Balaban J connectivity index is 1.57. The maximum atomic E-state index is 12.3. The van der Waals surface area contributed by atoms with Gasteiger partial charge in [0.2, 0.25) is 0 Å². The largest absolute Gasteiger partial charge is 0.345 e. The Labute approximate surface area is 139 Å². The van der Waals surface area contributed by atoms with Crippen LogP contribution in [0.4, 0.5) is 0 Å². The second-order valence-corrected chi connectivity index (χ2v) is 6.24. The number of nitrogens with zero attached hydrogens (tertiary/aromatic N) is 2. The minimum Gasteiger partial charge on any atom is -0.345 e. The first-order valence-corrected chi connectivity index (χ1v) is 8.10. The molecule has 0 saturated heterocycles. The van der Waals surface area contributed by atoms with Gasteiger partial charge in [0.15, 0.2) is 0 Å². The summed E-state index contributed by atoms with van der Waals surface area (Å²) >= 11 is 5.85. The van der Waals surface area contributed by atoms with Crippen LogP contribution < -0.4 is 5.32 Å². The van der Waals surface area contributed by atoms with Crippen LogP contribution in [0.2, 0.25) is 5.02 Å². The second kappa shape index (κ2) is 5.70. The number of para-hydroxylation sites is 2. The Morgan fingerprint density at radius 1 is 1.17 bits per heavy atom. The summed E-state index contributed by atoms with van der Waals surface area (Å²) in [6, 6.07) is 15.5. The van der Waals surface area contributed by atoms with Gasteiger partial charge < -0.3 is 9.88 Å². The van der Waals surface area contributed by atoms with Gasteiger partial charge in [0.1, 0.15) is 5.82 Å². The summed E-state index contributed by atoms with van der Waals surface area (Å²) in [4.78, 5) is 16.9. The summed E-state index contributed by atoms with van der Waals surface area (Å²) in [5.41, 5.74) is 2.73. The number of imidazole rings is 1. The van der Waals surface area contributed by atoms with Crippen molar-refractivity contribution in [2.75, 3.05) is 0 Å². The van der Waals surface area contributed by atoms with Gasteiger partial charge in [-0.15, -0.1) is 0 Å². The molecular formula is C18H16ClN3O. The van der Waals surface area contributed by atoms with Crippen molar-refractivity contribution in [3.8, 4) is 0 Å². The number of halogens is 1. The number of hydrogen-bond acceptors (Lipinski definition) is 2. The zero-order chi connectivity index (χ0) is 15.8. The minimum absolute atomic E-state index is 0.115. The molecule has 3 aromatic rings. The molecule has 4 nitrogen and oxygen atoms in total. The number of amides is 1. The molecule has 23 heavy (non-hydrogen) atoms. The van der Waals surface area contributed by atoms with E-state index in [2.05, 4.69) is 20.9 Å². The lowest BCUT2D eigenvalue weighted by Crippen LogP contribution is -2.24. The number of aromatic nitrogens is 2. The van der Waals surface area contributed by atoms with E-state index in [1.54, 1.807) is 24.3 Å². The highest BCUT2D eigenvalue weighted by Gasteiger charge is 2.28. The predicted octanol–water partition coefficient (Wildman–Crippen LogP) is 3.95. The van der Waals surface area contributed by atoms with Crippen LogP contribution in [0, 0.1) is 0 Å². The maximum absolute atomic E-state index is 12.3. The molecule has 0 aliphatic heterocycles. The first kappa shape index (κ1) is 14.3. The molecule has 0 bridgehead atoms. The van der Waals surface area contributed by atoms with E-state index in [0.717, 1.165) is 16.9 Å². The molecule has 1 aliphatic carbocycles. The average molecular weight is 326 g/mol. The van der Waals surface area contributed by atoms with Crippen molar-refractivity contribution in [3.05, 3.63) is 64.9 Å². The number of benzene rings is 2. The van der Waals surface area contributed by atoms with E-state index in [1.807, 2.05) is 18.2 Å². The molecule has 1 aliphatic rings. The molecule has 0 unspecified atom stereocenters. The zero-order valence-corrected chi connectivity index (χ0v) is 13.3. The monoisotopic (exact) mass is 325 g/mol. The molecule has 0 radical (unpaired) electrons. The fraction of sp³-hybridized carbons (Fsp3) is 0.222. The van der Waals surface area contributed by atoms with Crippen molar-refractivity contribution in [1.82, 2.24) is 14.9 Å². The molecule has 4 rings (SSSR count). The van der Waals surface area contributed by atoms with Crippen LogP contribution in [0.25, 0.3) is 11.0 Å². The van der Waals surface area contributed by atoms with Crippen LogP contribution in [0.15, 0.2) is 48.5 Å². The average Bonchev–Trinajstić information content (AvgIpc) is 3.33. The van der Waals surface area contributed by atoms with Gasteiger partial charge in [-0.2, -0.15) is 0 Å². The SMILES string of the molecule is O=C(NCc1nc2ccccc2n1C1CC1)c1ccc(Cl)cc1. The molecule has 1 N–H and O–H groups in total. The van der Waals surface area contributed by atoms with Crippen molar-refractivity contribution in [1.29, 1.82) is 0 Å². The standard InChI is InChI=1S/C18H16ClN3O/c19-13-7-5-12(6-8-13)18(23)20-11-17-21-15-3-1-2-4-16(15)22(17)14-9-10-14/h1-8,14H,9-11H2,(H,20,23). The molecule has 116 valence electrons. The van der Waals surface area contributed by atoms with Crippen LogP contribution in [-0.4, -0.2) is 15.5 Å². The molecule has 1 amide bonds. The predicted molar refractivity (Wildman–Crippen MR) is 90.6 cm³/mol.